The molecule has 0 heterocycles. The fourth-order valence-electron chi connectivity index (χ4n) is 1.37. The minimum absolute atomic E-state index is 0.255. The molecule has 0 spiro atoms. The number of benzene rings is 1. The predicted molar refractivity (Wildman–Crippen MR) is 69.2 cm³/mol. The largest absolute Gasteiger partial charge is 0.493 e. The second-order valence-electron chi connectivity index (χ2n) is 4.00. The van der Waals surface area contributed by atoms with Crippen LogP contribution in [0.25, 0.3) is 0 Å². The van der Waals surface area contributed by atoms with Gasteiger partial charge in [-0.2, -0.15) is 0 Å². The molecule has 0 unspecified atom stereocenters. The van der Waals surface area contributed by atoms with E-state index in [0.717, 1.165) is 11.3 Å². The van der Waals surface area contributed by atoms with Gasteiger partial charge < -0.3 is 10.5 Å². The average Bonchev–Trinajstić information content (AvgIpc) is 2.36. The topological polar surface area (TPSA) is 90.7 Å². The first-order valence-corrected chi connectivity index (χ1v) is 5.97. The van der Waals surface area contributed by atoms with Crippen LogP contribution in [0.2, 0.25) is 0 Å². The summed E-state index contributed by atoms with van der Waals surface area (Å²) in [6.07, 6.45) is 0.810. The number of nitrogens with one attached hydrogen (secondary N) is 1. The van der Waals surface area contributed by atoms with Gasteiger partial charge in [-0.15, -0.1) is 0 Å². The summed E-state index contributed by atoms with van der Waals surface area (Å²) in [6, 6.07) is 7.67. The zero-order valence-corrected chi connectivity index (χ0v) is 10.8. The van der Waals surface area contributed by atoms with Crippen molar-refractivity contribution in [1.29, 1.82) is 0 Å². The van der Waals surface area contributed by atoms with Gasteiger partial charge in [-0.1, -0.05) is 18.2 Å². The van der Waals surface area contributed by atoms with Crippen molar-refractivity contribution in [3.8, 4) is 5.75 Å². The first-order valence-electron chi connectivity index (χ1n) is 5.97. The Labute approximate surface area is 111 Å². The highest BCUT2D eigenvalue weighted by Crippen LogP contribution is 2.16. The third-order valence-electron chi connectivity index (χ3n) is 2.30. The van der Waals surface area contributed by atoms with Gasteiger partial charge >= 0.3 is 0 Å². The normalized spacial score (nSPS) is 9.95. The number of aryl methyl sites for hydroxylation is 1. The van der Waals surface area contributed by atoms with Crippen LogP contribution in [0.15, 0.2) is 24.3 Å². The lowest BCUT2D eigenvalue weighted by atomic mass is 10.2. The summed E-state index contributed by atoms with van der Waals surface area (Å²) in [5.74, 6) is -0.134. The Hall–Kier alpha value is -2.08. The number of para-hydroxylation sites is 1. The summed E-state index contributed by atoms with van der Waals surface area (Å²) in [5, 5.41) is 0. The molecule has 0 aliphatic heterocycles. The van der Waals surface area contributed by atoms with Crippen LogP contribution in [-0.2, 0) is 14.4 Å². The molecule has 2 amide bonds. The molecule has 0 radical (unpaired) electrons. The van der Waals surface area contributed by atoms with Crippen LogP contribution < -0.4 is 16.0 Å². The van der Waals surface area contributed by atoms with E-state index in [1.54, 1.807) is 0 Å². The minimum Gasteiger partial charge on any atom is -0.493 e. The van der Waals surface area contributed by atoms with Gasteiger partial charge in [0.15, 0.2) is 6.61 Å². The molecule has 0 bridgehead atoms. The van der Waals surface area contributed by atoms with Crippen molar-refractivity contribution < 1.29 is 19.2 Å². The highest BCUT2D eigenvalue weighted by atomic mass is 16.7. The molecule has 6 nitrogen and oxygen atoms in total. The molecule has 1 aromatic carbocycles. The fourth-order valence-corrected chi connectivity index (χ4v) is 1.37. The maximum absolute atomic E-state index is 11.3. The molecule has 0 aliphatic carbocycles. The number of ether oxygens (including phenoxy) is 1. The van der Waals surface area contributed by atoms with Crippen LogP contribution in [0.3, 0.4) is 0 Å². The Kier molecular flexibility index (Phi) is 6.38. The van der Waals surface area contributed by atoms with Crippen molar-refractivity contribution in [2.45, 2.75) is 19.8 Å². The first kappa shape index (κ1) is 15.0. The van der Waals surface area contributed by atoms with E-state index in [-0.39, 0.29) is 18.9 Å². The zero-order valence-electron chi connectivity index (χ0n) is 10.8. The lowest BCUT2D eigenvalue weighted by molar-refractivity contribution is -0.138. The fraction of sp³-hybridized carbons (Fsp3) is 0.385. The zero-order chi connectivity index (χ0) is 14.1. The number of rotatable bonds is 8. The van der Waals surface area contributed by atoms with Crippen molar-refractivity contribution in [3.63, 3.8) is 0 Å². The number of hydrogen-bond donors (Lipinski definition) is 2. The van der Waals surface area contributed by atoms with Crippen molar-refractivity contribution in [1.82, 2.24) is 5.48 Å². The lowest BCUT2D eigenvalue weighted by Crippen LogP contribution is -2.29. The van der Waals surface area contributed by atoms with Crippen LogP contribution >= 0.6 is 0 Å². The van der Waals surface area contributed by atoms with Gasteiger partial charge in [-0.3, -0.25) is 14.4 Å². The molecule has 0 fully saturated rings. The number of carbonyl (C=O) groups excluding carboxylic acids is 2. The molecule has 3 N–H and O–H groups in total. The second-order valence-corrected chi connectivity index (χ2v) is 4.00. The molecule has 6 heteroatoms. The molecule has 1 rings (SSSR count). The Morgan fingerprint density at radius 3 is 2.74 bits per heavy atom. The maximum atomic E-state index is 11.3. The molecule has 0 saturated heterocycles. The summed E-state index contributed by atoms with van der Waals surface area (Å²) in [4.78, 5) is 26.2. The van der Waals surface area contributed by atoms with Crippen molar-refractivity contribution in [2.24, 2.45) is 5.73 Å². The van der Waals surface area contributed by atoms with Crippen molar-refractivity contribution in [2.75, 3.05) is 13.2 Å². The van der Waals surface area contributed by atoms with Crippen LogP contribution in [-0.4, -0.2) is 25.0 Å². The van der Waals surface area contributed by atoms with Crippen LogP contribution in [0.5, 0.6) is 5.75 Å². The predicted octanol–water partition coefficient (Wildman–Crippen LogP) is 0.687. The number of amides is 2. The molecule has 19 heavy (non-hydrogen) atoms. The Bertz CT molecular complexity index is 434. The van der Waals surface area contributed by atoms with Gasteiger partial charge in [0.1, 0.15) is 5.75 Å². The molecule has 1 aromatic rings. The van der Waals surface area contributed by atoms with Gasteiger partial charge in [-0.25, -0.2) is 5.48 Å². The van der Waals surface area contributed by atoms with E-state index >= 15 is 0 Å². The lowest BCUT2D eigenvalue weighted by Gasteiger charge is -2.08. The summed E-state index contributed by atoms with van der Waals surface area (Å²) >= 11 is 0. The molecule has 0 aliphatic rings. The Morgan fingerprint density at radius 2 is 2.05 bits per heavy atom. The molecular formula is C13H18N2O4. The summed E-state index contributed by atoms with van der Waals surface area (Å²) in [6.45, 7) is 2.07. The van der Waals surface area contributed by atoms with E-state index in [9.17, 15) is 9.59 Å². The minimum atomic E-state index is -0.636. The SMILES string of the molecule is Cc1ccccc1OCCCC(=O)NOCC(N)=O. The molecular weight excluding hydrogens is 248 g/mol. The van der Waals surface area contributed by atoms with E-state index in [2.05, 4.69) is 10.3 Å². The van der Waals surface area contributed by atoms with Gasteiger partial charge in [0.25, 0.3) is 0 Å². The van der Waals surface area contributed by atoms with Crippen molar-refractivity contribution >= 4 is 11.8 Å². The monoisotopic (exact) mass is 266 g/mol. The first-order chi connectivity index (χ1) is 9.09. The number of hydrogen-bond acceptors (Lipinski definition) is 4. The highest BCUT2D eigenvalue weighted by molar-refractivity contribution is 5.76. The smallest absolute Gasteiger partial charge is 0.246 e. The van der Waals surface area contributed by atoms with E-state index in [1.807, 2.05) is 31.2 Å². The van der Waals surface area contributed by atoms with Crippen LogP contribution in [0.1, 0.15) is 18.4 Å². The maximum Gasteiger partial charge on any atom is 0.246 e. The number of carbonyl (C=O) groups is 2. The summed E-state index contributed by atoms with van der Waals surface area (Å²) < 4.78 is 5.53. The van der Waals surface area contributed by atoms with Gasteiger partial charge in [0, 0.05) is 6.42 Å². The third kappa shape index (κ3) is 6.42. The van der Waals surface area contributed by atoms with Crippen LogP contribution in [0.4, 0.5) is 0 Å². The summed E-state index contributed by atoms with van der Waals surface area (Å²) in [5.41, 5.74) is 8.02. The van der Waals surface area contributed by atoms with E-state index in [4.69, 9.17) is 10.5 Å². The Morgan fingerprint density at radius 1 is 1.32 bits per heavy atom. The third-order valence-corrected chi connectivity index (χ3v) is 2.30. The van der Waals surface area contributed by atoms with Gasteiger partial charge in [0.2, 0.25) is 11.8 Å². The van der Waals surface area contributed by atoms with Gasteiger partial charge in [-0.05, 0) is 25.0 Å². The number of nitrogens with two attached hydrogens (primary N) is 1. The molecule has 0 atom stereocenters. The molecule has 0 aromatic heterocycles. The van der Waals surface area contributed by atoms with E-state index in [1.165, 1.54) is 0 Å². The second kappa shape index (κ2) is 8.10. The molecule has 0 saturated carbocycles. The van der Waals surface area contributed by atoms with Crippen molar-refractivity contribution in [3.05, 3.63) is 29.8 Å². The Balaban J connectivity index is 2.12. The van der Waals surface area contributed by atoms with Gasteiger partial charge in [0.05, 0.1) is 6.61 Å². The van der Waals surface area contributed by atoms with Crippen LogP contribution in [0, 0.1) is 6.92 Å². The number of primary amides is 1. The number of hydroxylamine groups is 1. The standard InChI is InChI=1S/C13H18N2O4/c1-10-5-2-3-6-11(10)18-8-4-7-13(17)15-19-9-12(14)16/h2-3,5-6H,4,7-9H2,1H3,(H2,14,16)(H,15,17). The van der Waals surface area contributed by atoms with E-state index < -0.39 is 5.91 Å². The average molecular weight is 266 g/mol. The van der Waals surface area contributed by atoms with E-state index in [0.29, 0.717) is 13.0 Å². The quantitative estimate of drug-likeness (QED) is 0.535. The molecule has 104 valence electrons. The summed E-state index contributed by atoms with van der Waals surface area (Å²) in [7, 11) is 0. The highest BCUT2D eigenvalue weighted by Gasteiger charge is 2.03.